The molecule has 0 amide bonds. The number of hydrogen-bond donors (Lipinski definition) is 2. The van der Waals surface area contributed by atoms with Crippen LogP contribution in [0, 0.1) is 0 Å². The SMILES string of the molecule is CCCCCC(O)CCC(O)CCc1ccccc1. The first-order valence-corrected chi connectivity index (χ1v) is 7.62. The second-order valence-electron chi connectivity index (χ2n) is 5.41. The van der Waals surface area contributed by atoms with E-state index in [-0.39, 0.29) is 12.2 Å². The Kier molecular flexibility index (Phi) is 8.52. The molecule has 0 aliphatic carbocycles. The van der Waals surface area contributed by atoms with Crippen LogP contribution in [-0.2, 0) is 6.42 Å². The van der Waals surface area contributed by atoms with Crippen molar-refractivity contribution in [1.29, 1.82) is 0 Å². The zero-order valence-corrected chi connectivity index (χ0v) is 12.1. The van der Waals surface area contributed by atoms with Gasteiger partial charge in [-0.15, -0.1) is 0 Å². The van der Waals surface area contributed by atoms with Gasteiger partial charge in [0.05, 0.1) is 12.2 Å². The van der Waals surface area contributed by atoms with Gasteiger partial charge < -0.3 is 10.2 Å². The number of unbranched alkanes of at least 4 members (excludes halogenated alkanes) is 2. The van der Waals surface area contributed by atoms with Crippen LogP contribution in [0.4, 0.5) is 0 Å². The average Bonchev–Trinajstić information content (AvgIpc) is 2.44. The minimum absolute atomic E-state index is 0.238. The van der Waals surface area contributed by atoms with E-state index < -0.39 is 0 Å². The molecule has 108 valence electrons. The van der Waals surface area contributed by atoms with Crippen molar-refractivity contribution >= 4 is 0 Å². The van der Waals surface area contributed by atoms with Gasteiger partial charge in [0.25, 0.3) is 0 Å². The summed E-state index contributed by atoms with van der Waals surface area (Å²) >= 11 is 0. The molecule has 1 rings (SSSR count). The Labute approximate surface area is 117 Å². The van der Waals surface area contributed by atoms with Crippen LogP contribution in [0.5, 0.6) is 0 Å². The summed E-state index contributed by atoms with van der Waals surface area (Å²) in [6.45, 7) is 2.17. The van der Waals surface area contributed by atoms with E-state index in [1.165, 1.54) is 18.4 Å². The third kappa shape index (κ3) is 8.02. The molecule has 0 bridgehead atoms. The van der Waals surface area contributed by atoms with Gasteiger partial charge in [-0.05, 0) is 37.7 Å². The van der Waals surface area contributed by atoms with Gasteiger partial charge in [0, 0.05) is 0 Å². The summed E-state index contributed by atoms with van der Waals surface area (Å²) in [5.74, 6) is 0. The maximum atomic E-state index is 9.92. The first-order valence-electron chi connectivity index (χ1n) is 7.62. The standard InChI is InChI=1S/C17H28O2/c1-2-3-5-10-16(18)13-14-17(19)12-11-15-8-6-4-7-9-15/h4,6-9,16-19H,2-3,5,10-14H2,1H3. The molecule has 2 N–H and O–H groups in total. The van der Waals surface area contributed by atoms with E-state index in [2.05, 4.69) is 19.1 Å². The van der Waals surface area contributed by atoms with Gasteiger partial charge in [-0.2, -0.15) is 0 Å². The van der Waals surface area contributed by atoms with E-state index in [1.807, 2.05) is 18.2 Å². The molecular formula is C17H28O2. The summed E-state index contributed by atoms with van der Waals surface area (Å²) in [5, 5.41) is 19.7. The van der Waals surface area contributed by atoms with Crippen molar-refractivity contribution in [3.05, 3.63) is 35.9 Å². The molecule has 2 heteroatoms. The molecule has 0 spiro atoms. The van der Waals surface area contributed by atoms with Gasteiger partial charge in [0.15, 0.2) is 0 Å². The van der Waals surface area contributed by atoms with Crippen molar-refractivity contribution in [2.75, 3.05) is 0 Å². The van der Waals surface area contributed by atoms with E-state index in [1.54, 1.807) is 0 Å². The molecule has 0 aromatic heterocycles. The molecule has 0 saturated heterocycles. The molecular weight excluding hydrogens is 236 g/mol. The zero-order chi connectivity index (χ0) is 13.9. The minimum Gasteiger partial charge on any atom is -0.393 e. The highest BCUT2D eigenvalue weighted by Crippen LogP contribution is 2.13. The average molecular weight is 264 g/mol. The van der Waals surface area contributed by atoms with Crippen molar-refractivity contribution in [2.45, 2.75) is 70.5 Å². The van der Waals surface area contributed by atoms with Crippen LogP contribution in [0.1, 0.15) is 57.4 Å². The third-order valence-corrected chi connectivity index (χ3v) is 3.58. The predicted octanol–water partition coefficient (Wildman–Crippen LogP) is 3.70. The molecule has 0 saturated carbocycles. The predicted molar refractivity (Wildman–Crippen MR) is 80.2 cm³/mol. The molecule has 0 aliphatic heterocycles. The van der Waals surface area contributed by atoms with Gasteiger partial charge in [-0.25, -0.2) is 0 Å². The first-order chi connectivity index (χ1) is 9.22. The minimum atomic E-state index is -0.291. The lowest BCUT2D eigenvalue weighted by Crippen LogP contribution is -2.14. The van der Waals surface area contributed by atoms with Gasteiger partial charge in [0.1, 0.15) is 0 Å². The van der Waals surface area contributed by atoms with Crippen LogP contribution in [0.25, 0.3) is 0 Å². The topological polar surface area (TPSA) is 40.5 Å². The molecule has 2 nitrogen and oxygen atoms in total. The van der Waals surface area contributed by atoms with Crippen LogP contribution in [0.15, 0.2) is 30.3 Å². The Hall–Kier alpha value is -0.860. The van der Waals surface area contributed by atoms with Crippen LogP contribution >= 0.6 is 0 Å². The van der Waals surface area contributed by atoms with Gasteiger partial charge in [-0.1, -0.05) is 56.5 Å². The molecule has 19 heavy (non-hydrogen) atoms. The number of hydrogen-bond acceptors (Lipinski definition) is 2. The lowest BCUT2D eigenvalue weighted by atomic mass is 10.0. The maximum Gasteiger partial charge on any atom is 0.0544 e. The fourth-order valence-electron chi connectivity index (χ4n) is 2.28. The molecule has 1 aromatic carbocycles. The van der Waals surface area contributed by atoms with Crippen molar-refractivity contribution in [2.24, 2.45) is 0 Å². The summed E-state index contributed by atoms with van der Waals surface area (Å²) in [4.78, 5) is 0. The lowest BCUT2D eigenvalue weighted by molar-refractivity contribution is 0.103. The molecule has 0 fully saturated rings. The maximum absolute atomic E-state index is 9.92. The lowest BCUT2D eigenvalue weighted by Gasteiger charge is -2.14. The number of aryl methyl sites for hydroxylation is 1. The van der Waals surface area contributed by atoms with Crippen molar-refractivity contribution in [3.63, 3.8) is 0 Å². The van der Waals surface area contributed by atoms with Crippen LogP contribution < -0.4 is 0 Å². The van der Waals surface area contributed by atoms with E-state index in [0.29, 0.717) is 6.42 Å². The van der Waals surface area contributed by atoms with Crippen molar-refractivity contribution in [3.8, 4) is 0 Å². The zero-order valence-electron chi connectivity index (χ0n) is 12.1. The van der Waals surface area contributed by atoms with Crippen molar-refractivity contribution < 1.29 is 10.2 Å². The fourth-order valence-corrected chi connectivity index (χ4v) is 2.28. The fraction of sp³-hybridized carbons (Fsp3) is 0.647. The van der Waals surface area contributed by atoms with Crippen LogP contribution in [0.3, 0.4) is 0 Å². The number of aliphatic hydroxyl groups is 2. The first kappa shape index (κ1) is 16.2. The highest BCUT2D eigenvalue weighted by Gasteiger charge is 2.09. The molecule has 2 unspecified atom stereocenters. The number of aliphatic hydroxyl groups excluding tert-OH is 2. The largest absolute Gasteiger partial charge is 0.393 e. The van der Waals surface area contributed by atoms with Crippen molar-refractivity contribution in [1.82, 2.24) is 0 Å². The highest BCUT2D eigenvalue weighted by atomic mass is 16.3. The molecule has 0 aliphatic rings. The summed E-state index contributed by atoms with van der Waals surface area (Å²) in [6, 6.07) is 10.2. The summed E-state index contributed by atoms with van der Waals surface area (Å²) < 4.78 is 0. The Morgan fingerprint density at radius 1 is 0.842 bits per heavy atom. The second-order valence-corrected chi connectivity index (χ2v) is 5.41. The van der Waals surface area contributed by atoms with E-state index >= 15 is 0 Å². The van der Waals surface area contributed by atoms with Crippen LogP contribution in [0.2, 0.25) is 0 Å². The second kappa shape index (κ2) is 9.99. The normalized spacial score (nSPS) is 14.3. The quantitative estimate of drug-likeness (QED) is 0.633. The highest BCUT2D eigenvalue weighted by molar-refractivity contribution is 5.14. The summed E-state index contributed by atoms with van der Waals surface area (Å²) in [5.41, 5.74) is 1.27. The molecule has 2 atom stereocenters. The van der Waals surface area contributed by atoms with Crippen LogP contribution in [-0.4, -0.2) is 22.4 Å². The Balaban J connectivity index is 2.09. The Morgan fingerprint density at radius 3 is 2.11 bits per heavy atom. The summed E-state index contributed by atoms with van der Waals surface area (Å²) in [6.07, 6.45) is 6.94. The number of rotatable bonds is 10. The summed E-state index contributed by atoms with van der Waals surface area (Å²) in [7, 11) is 0. The Morgan fingerprint density at radius 2 is 1.47 bits per heavy atom. The van der Waals surface area contributed by atoms with E-state index in [0.717, 1.165) is 32.1 Å². The molecule has 0 heterocycles. The van der Waals surface area contributed by atoms with Gasteiger partial charge in [0.2, 0.25) is 0 Å². The van der Waals surface area contributed by atoms with Gasteiger partial charge in [-0.3, -0.25) is 0 Å². The molecule has 1 aromatic rings. The number of benzene rings is 1. The van der Waals surface area contributed by atoms with Gasteiger partial charge >= 0.3 is 0 Å². The van der Waals surface area contributed by atoms with E-state index in [4.69, 9.17) is 0 Å². The monoisotopic (exact) mass is 264 g/mol. The molecule has 0 radical (unpaired) electrons. The Bertz CT molecular complexity index is 310. The smallest absolute Gasteiger partial charge is 0.0544 e. The third-order valence-electron chi connectivity index (χ3n) is 3.58. The van der Waals surface area contributed by atoms with E-state index in [9.17, 15) is 10.2 Å².